The zero-order valence-electron chi connectivity index (χ0n) is 19.4. The van der Waals surface area contributed by atoms with Crippen molar-refractivity contribution in [3.8, 4) is 5.75 Å². The Balaban J connectivity index is 1.71. The van der Waals surface area contributed by atoms with E-state index in [4.69, 9.17) is 19.3 Å². The lowest BCUT2D eigenvalue weighted by atomic mass is 9.97. The van der Waals surface area contributed by atoms with Crippen molar-refractivity contribution in [1.82, 2.24) is 10.2 Å². The molecule has 8 heteroatoms. The van der Waals surface area contributed by atoms with Gasteiger partial charge in [0.1, 0.15) is 5.75 Å². The van der Waals surface area contributed by atoms with Crippen LogP contribution >= 0.6 is 0 Å². The standard InChI is InChI=1S/C24H35N3O5/c1-18-5-4-6-20-22(17-21-19(23(18)20)7-9-26(21)3)32-24(29)27(10-8-25-2)11-13-30-15-16-31-14-12-28/h4-6,17,25,28H,7-16H2,1-3H3. The molecule has 0 atom stereocenters. The number of hydrogen-bond donors (Lipinski definition) is 2. The van der Waals surface area contributed by atoms with Gasteiger partial charge in [-0.05, 0) is 36.9 Å². The van der Waals surface area contributed by atoms with Crippen LogP contribution in [0.3, 0.4) is 0 Å². The van der Waals surface area contributed by atoms with Gasteiger partial charge in [-0.25, -0.2) is 4.79 Å². The third kappa shape index (κ3) is 5.89. The van der Waals surface area contributed by atoms with E-state index in [1.54, 1.807) is 4.90 Å². The number of carbonyl (C=O) groups is 1. The van der Waals surface area contributed by atoms with Crippen LogP contribution < -0.4 is 15.0 Å². The fourth-order valence-corrected chi connectivity index (χ4v) is 4.03. The molecule has 1 aliphatic heterocycles. The second-order valence-corrected chi connectivity index (χ2v) is 7.95. The summed E-state index contributed by atoms with van der Waals surface area (Å²) < 4.78 is 16.7. The molecule has 2 N–H and O–H groups in total. The molecule has 1 aliphatic rings. The summed E-state index contributed by atoms with van der Waals surface area (Å²) in [6.45, 7) is 6.16. The number of carbonyl (C=O) groups excluding carboxylic acids is 1. The molecule has 2 aromatic carbocycles. The normalized spacial score (nSPS) is 12.9. The summed E-state index contributed by atoms with van der Waals surface area (Å²) in [4.78, 5) is 17.0. The van der Waals surface area contributed by atoms with Crippen molar-refractivity contribution in [2.75, 3.05) is 78.2 Å². The van der Waals surface area contributed by atoms with Gasteiger partial charge in [0, 0.05) is 50.4 Å². The van der Waals surface area contributed by atoms with Crippen LogP contribution in [-0.4, -0.2) is 89.4 Å². The largest absolute Gasteiger partial charge is 0.415 e. The van der Waals surface area contributed by atoms with Crippen molar-refractivity contribution < 1.29 is 24.1 Å². The van der Waals surface area contributed by atoms with E-state index in [1.165, 1.54) is 16.5 Å². The Kier molecular flexibility index (Phi) is 9.11. The number of aliphatic hydroxyl groups excluding tert-OH is 1. The molecule has 0 spiro atoms. The monoisotopic (exact) mass is 445 g/mol. The number of ether oxygens (including phenoxy) is 3. The van der Waals surface area contributed by atoms with Crippen molar-refractivity contribution in [3.05, 3.63) is 35.4 Å². The maximum absolute atomic E-state index is 13.1. The molecule has 0 aromatic heterocycles. The van der Waals surface area contributed by atoms with E-state index in [0.717, 1.165) is 24.0 Å². The molecule has 32 heavy (non-hydrogen) atoms. The Morgan fingerprint density at radius 1 is 1.19 bits per heavy atom. The molecular formula is C24H35N3O5. The fraction of sp³-hybridized carbons (Fsp3) is 0.542. The number of anilines is 1. The molecule has 0 aliphatic carbocycles. The first-order chi connectivity index (χ1) is 15.6. The smallest absolute Gasteiger partial charge is 0.409 e. The molecule has 1 heterocycles. The molecule has 176 valence electrons. The zero-order valence-corrected chi connectivity index (χ0v) is 19.4. The Morgan fingerprint density at radius 2 is 1.97 bits per heavy atom. The first-order valence-electron chi connectivity index (χ1n) is 11.2. The molecular weight excluding hydrogens is 410 g/mol. The SMILES string of the molecule is CNCCN(CCOCCOCCO)C(=O)Oc1cc2c(c3c(C)cccc13)CCN2C. The van der Waals surface area contributed by atoms with Crippen molar-refractivity contribution in [2.45, 2.75) is 13.3 Å². The lowest BCUT2D eigenvalue weighted by Crippen LogP contribution is -2.40. The maximum Gasteiger partial charge on any atom is 0.415 e. The van der Waals surface area contributed by atoms with Crippen LogP contribution in [-0.2, 0) is 15.9 Å². The predicted molar refractivity (Wildman–Crippen MR) is 126 cm³/mol. The predicted octanol–water partition coefficient (Wildman–Crippen LogP) is 2.19. The van der Waals surface area contributed by atoms with Gasteiger partial charge in [0.05, 0.1) is 33.0 Å². The topological polar surface area (TPSA) is 83.5 Å². The Labute approximate surface area is 190 Å². The minimum Gasteiger partial charge on any atom is -0.409 e. The van der Waals surface area contributed by atoms with Gasteiger partial charge >= 0.3 is 6.09 Å². The van der Waals surface area contributed by atoms with E-state index in [1.807, 2.05) is 25.2 Å². The summed E-state index contributed by atoms with van der Waals surface area (Å²) in [6.07, 6.45) is 0.610. The third-order valence-electron chi connectivity index (χ3n) is 5.73. The second kappa shape index (κ2) is 12.0. The lowest BCUT2D eigenvalue weighted by molar-refractivity contribution is 0.0274. The molecule has 2 aromatic rings. The number of aryl methyl sites for hydroxylation is 1. The van der Waals surface area contributed by atoms with E-state index in [2.05, 4.69) is 30.3 Å². The summed E-state index contributed by atoms with van der Waals surface area (Å²) in [7, 11) is 3.92. The van der Waals surface area contributed by atoms with Crippen LogP contribution in [0, 0.1) is 6.92 Å². The van der Waals surface area contributed by atoms with Gasteiger partial charge in [0.2, 0.25) is 0 Å². The maximum atomic E-state index is 13.1. The van der Waals surface area contributed by atoms with Crippen molar-refractivity contribution >= 4 is 22.6 Å². The summed E-state index contributed by atoms with van der Waals surface area (Å²) >= 11 is 0. The molecule has 3 rings (SSSR count). The zero-order chi connectivity index (χ0) is 22.9. The van der Waals surface area contributed by atoms with Gasteiger partial charge in [-0.15, -0.1) is 0 Å². The molecule has 0 saturated heterocycles. The summed E-state index contributed by atoms with van der Waals surface area (Å²) in [5.74, 6) is 0.592. The first-order valence-corrected chi connectivity index (χ1v) is 11.2. The number of fused-ring (bicyclic) bond motifs is 3. The average Bonchev–Trinajstić information content (AvgIpc) is 3.15. The molecule has 8 nitrogen and oxygen atoms in total. The van der Waals surface area contributed by atoms with Gasteiger partial charge in [0.25, 0.3) is 0 Å². The highest BCUT2D eigenvalue weighted by atomic mass is 16.6. The van der Waals surface area contributed by atoms with Gasteiger partial charge < -0.3 is 34.4 Å². The Morgan fingerprint density at radius 3 is 2.72 bits per heavy atom. The third-order valence-corrected chi connectivity index (χ3v) is 5.73. The number of nitrogens with one attached hydrogen (secondary N) is 1. The second-order valence-electron chi connectivity index (χ2n) is 7.95. The van der Waals surface area contributed by atoms with Gasteiger partial charge in [-0.1, -0.05) is 18.2 Å². The van der Waals surface area contributed by atoms with Gasteiger partial charge in [-0.3, -0.25) is 0 Å². The van der Waals surface area contributed by atoms with Crippen LogP contribution in [0.4, 0.5) is 10.5 Å². The van der Waals surface area contributed by atoms with E-state index in [0.29, 0.717) is 51.8 Å². The molecule has 0 fully saturated rings. The number of nitrogens with zero attached hydrogens (tertiary/aromatic N) is 2. The van der Waals surface area contributed by atoms with Crippen LogP contribution in [0.25, 0.3) is 10.8 Å². The molecule has 0 bridgehead atoms. The van der Waals surface area contributed by atoms with Crippen molar-refractivity contribution in [1.29, 1.82) is 0 Å². The Bertz CT molecular complexity index is 905. The van der Waals surface area contributed by atoms with Crippen molar-refractivity contribution in [3.63, 3.8) is 0 Å². The van der Waals surface area contributed by atoms with E-state index in [9.17, 15) is 4.79 Å². The van der Waals surface area contributed by atoms with Crippen LogP contribution in [0.5, 0.6) is 5.75 Å². The minimum absolute atomic E-state index is 0.00364. The van der Waals surface area contributed by atoms with E-state index >= 15 is 0 Å². The fourth-order valence-electron chi connectivity index (χ4n) is 4.03. The molecule has 1 amide bonds. The molecule has 0 radical (unpaired) electrons. The average molecular weight is 446 g/mol. The lowest BCUT2D eigenvalue weighted by Gasteiger charge is -2.23. The van der Waals surface area contributed by atoms with Crippen LogP contribution in [0.15, 0.2) is 24.3 Å². The molecule has 0 unspecified atom stereocenters. The van der Waals surface area contributed by atoms with Crippen molar-refractivity contribution in [2.24, 2.45) is 0 Å². The number of likely N-dealkylation sites (N-methyl/N-ethyl adjacent to an activating group) is 2. The summed E-state index contributed by atoms with van der Waals surface area (Å²) in [5, 5.41) is 14.0. The number of aliphatic hydroxyl groups is 1. The van der Waals surface area contributed by atoms with Gasteiger partial charge in [0.15, 0.2) is 0 Å². The highest BCUT2D eigenvalue weighted by Crippen LogP contribution is 2.41. The summed E-state index contributed by atoms with van der Waals surface area (Å²) in [5.41, 5.74) is 3.64. The van der Waals surface area contributed by atoms with Crippen LogP contribution in [0.2, 0.25) is 0 Å². The molecule has 0 saturated carbocycles. The summed E-state index contributed by atoms with van der Waals surface area (Å²) in [6, 6.07) is 8.13. The number of benzene rings is 2. The highest BCUT2D eigenvalue weighted by molar-refractivity contribution is 5.99. The van der Waals surface area contributed by atoms with Gasteiger partial charge in [-0.2, -0.15) is 0 Å². The minimum atomic E-state index is -0.385. The quantitative estimate of drug-likeness (QED) is 0.485. The number of hydrogen-bond acceptors (Lipinski definition) is 7. The number of rotatable bonds is 12. The van der Waals surface area contributed by atoms with E-state index < -0.39 is 0 Å². The van der Waals surface area contributed by atoms with Crippen LogP contribution in [0.1, 0.15) is 11.1 Å². The number of amides is 1. The first kappa shape index (κ1) is 24.3. The highest BCUT2D eigenvalue weighted by Gasteiger charge is 2.24. The Hall–Kier alpha value is -2.39. The van der Waals surface area contributed by atoms with E-state index in [-0.39, 0.29) is 12.7 Å².